The molecule has 6 aromatic carbocycles. The summed E-state index contributed by atoms with van der Waals surface area (Å²) in [4.78, 5) is 0. The molecule has 0 bridgehead atoms. The van der Waals surface area contributed by atoms with Crippen molar-refractivity contribution in [2.75, 3.05) is 0 Å². The van der Waals surface area contributed by atoms with Crippen LogP contribution in [0.1, 0.15) is 0 Å². The van der Waals surface area contributed by atoms with Crippen molar-refractivity contribution in [2.45, 2.75) is 0 Å². The maximum absolute atomic E-state index is 2.47. The fourth-order valence-electron chi connectivity index (χ4n) is 5.11. The quantitative estimate of drug-likeness (QED) is 0.199. The van der Waals surface area contributed by atoms with Gasteiger partial charge in [0, 0.05) is 0 Å². The van der Waals surface area contributed by atoms with Gasteiger partial charge < -0.3 is 24.8 Å². The molecule has 0 unspecified atom stereocenters. The average Bonchev–Trinajstić information content (AvgIpc) is 3.46. The molecule has 0 saturated heterocycles. The van der Waals surface area contributed by atoms with E-state index in [0.29, 0.717) is 0 Å². The first-order valence-corrected chi connectivity index (χ1v) is 12.8. The summed E-state index contributed by atoms with van der Waals surface area (Å²) in [7, 11) is -2.47. The van der Waals surface area contributed by atoms with Gasteiger partial charge in [0.05, 0.1) is 0 Å². The molecule has 164 valence electrons. The molecule has 0 nitrogen and oxygen atoms in total. The summed E-state index contributed by atoms with van der Waals surface area (Å²) < 4.78 is 0. The Hall–Kier alpha value is -2.39. The monoisotopic (exact) mass is 528 g/mol. The Kier molecular flexibility index (Phi) is 8.41. The van der Waals surface area contributed by atoms with Crippen molar-refractivity contribution in [3.63, 3.8) is 0 Å². The fourth-order valence-corrected chi connectivity index (χ4v) is 9.98. The molecule has 0 aromatic heterocycles. The summed E-state index contributed by atoms with van der Waals surface area (Å²) in [5, 5.41) is 11.0. The van der Waals surface area contributed by atoms with Crippen molar-refractivity contribution in [2.24, 2.45) is 0 Å². The van der Waals surface area contributed by atoms with Crippen molar-refractivity contribution in [3.8, 4) is 0 Å². The third-order valence-corrected chi connectivity index (χ3v) is 11.2. The van der Waals surface area contributed by atoms with Gasteiger partial charge in [-0.15, -0.1) is 69.7 Å². The molecular weight excluding hydrogens is 507 g/mol. The minimum atomic E-state index is -2.47. The van der Waals surface area contributed by atoms with Gasteiger partial charge in [0.1, 0.15) is 8.07 Å². The normalized spacial score (nSPS) is 10.8. The summed E-state index contributed by atoms with van der Waals surface area (Å²) in [5.74, 6) is 0. The van der Waals surface area contributed by atoms with Gasteiger partial charge >= 0.3 is 21.7 Å². The average molecular weight is 529 g/mol. The number of hydrogen-bond donors (Lipinski definition) is 0. The first kappa shape index (κ1) is 26.2. The minimum absolute atomic E-state index is 0. The van der Waals surface area contributed by atoms with Crippen LogP contribution in [-0.2, 0) is 21.7 Å². The van der Waals surface area contributed by atoms with E-state index in [1.807, 2.05) is 0 Å². The predicted molar refractivity (Wildman–Crippen MR) is 136 cm³/mol. The van der Waals surface area contributed by atoms with E-state index in [4.69, 9.17) is 0 Å². The third kappa shape index (κ3) is 4.24. The van der Waals surface area contributed by atoms with Gasteiger partial charge in [-0.1, -0.05) is 72.8 Å². The molecule has 0 atom stereocenters. The zero-order valence-corrected chi connectivity index (χ0v) is 22.5. The summed E-state index contributed by atoms with van der Waals surface area (Å²) in [5.41, 5.74) is 0. The molecule has 34 heavy (non-hydrogen) atoms. The molecular formula is C30H22Cl2SiTi. The Balaban J connectivity index is 0.00000108. The zero-order valence-electron chi connectivity index (χ0n) is 18.5. The molecule has 0 radical (unpaired) electrons. The third-order valence-electron chi connectivity index (χ3n) is 6.52. The van der Waals surface area contributed by atoms with Gasteiger partial charge in [0.25, 0.3) is 0 Å². The van der Waals surface area contributed by atoms with Crippen LogP contribution in [0.5, 0.6) is 0 Å². The largest absolute Gasteiger partial charge is 4.00 e. The standard InChI is InChI=1S/C30H22Si.2ClH.Ti/c1-3-15-27(16-4-1)31(28-17-5-2-6-18-28,29-19-23-11-7-8-12-24(23)20-29)30-21-25-13-9-10-14-26(25)22-30;;;/h1-22H;2*1H;/q-2;;;+4/p-2. The van der Waals surface area contributed by atoms with Crippen molar-refractivity contribution >= 4 is 50.4 Å². The smallest absolute Gasteiger partial charge is 1.00 e. The Labute approximate surface area is 229 Å². The van der Waals surface area contributed by atoms with Gasteiger partial charge in [-0.05, 0) is 10.4 Å². The van der Waals surface area contributed by atoms with E-state index in [2.05, 4.69) is 133 Å². The molecule has 0 spiro atoms. The van der Waals surface area contributed by atoms with Crippen LogP contribution in [0.3, 0.4) is 0 Å². The molecule has 6 rings (SSSR count). The molecule has 0 heterocycles. The van der Waals surface area contributed by atoms with Crippen molar-refractivity contribution in [1.29, 1.82) is 0 Å². The molecule has 6 aromatic rings. The predicted octanol–water partition coefficient (Wildman–Crippen LogP) is -1.19. The van der Waals surface area contributed by atoms with Gasteiger partial charge in [0.2, 0.25) is 0 Å². The molecule has 0 aliphatic rings. The minimum Gasteiger partial charge on any atom is -1.00 e. The molecule has 0 aliphatic carbocycles. The summed E-state index contributed by atoms with van der Waals surface area (Å²) in [6.07, 6.45) is 0. The summed E-state index contributed by atoms with van der Waals surface area (Å²) >= 11 is 0. The van der Waals surface area contributed by atoms with E-state index >= 15 is 0 Å². The second-order valence-electron chi connectivity index (χ2n) is 8.23. The van der Waals surface area contributed by atoms with E-state index < -0.39 is 8.07 Å². The maximum atomic E-state index is 2.43. The number of fused-ring (bicyclic) bond motifs is 2. The second kappa shape index (κ2) is 10.9. The van der Waals surface area contributed by atoms with Crippen LogP contribution < -0.4 is 45.6 Å². The van der Waals surface area contributed by atoms with Crippen LogP contribution in [0, 0.1) is 0 Å². The Bertz CT molecular complexity index is 1300. The first-order chi connectivity index (χ1) is 15.4. The van der Waals surface area contributed by atoms with Gasteiger partial charge in [-0.25, -0.2) is 0 Å². The van der Waals surface area contributed by atoms with Crippen LogP contribution in [0.15, 0.2) is 133 Å². The number of rotatable bonds is 4. The van der Waals surface area contributed by atoms with E-state index in [-0.39, 0.29) is 46.5 Å². The Morgan fingerprint density at radius 1 is 0.441 bits per heavy atom. The van der Waals surface area contributed by atoms with Crippen LogP contribution in [-0.4, -0.2) is 8.07 Å². The molecule has 0 fully saturated rings. The Morgan fingerprint density at radius 2 is 0.794 bits per heavy atom. The molecule has 0 saturated carbocycles. The van der Waals surface area contributed by atoms with Crippen molar-refractivity contribution in [3.05, 3.63) is 133 Å². The van der Waals surface area contributed by atoms with E-state index in [1.54, 1.807) is 0 Å². The van der Waals surface area contributed by atoms with Crippen LogP contribution in [0.25, 0.3) is 21.5 Å². The fraction of sp³-hybridized carbons (Fsp3) is 0. The SMILES string of the molecule is [Cl-].[Cl-].[Ti+4].c1ccc([Si](c2ccccc2)(c2cc3ccccc3[cH-]2)c2cc3ccccc3[cH-]2)cc1. The number of halogens is 2. The summed E-state index contributed by atoms with van der Waals surface area (Å²) in [6, 6.07) is 49.5. The number of benzene rings is 4. The first-order valence-electron chi connectivity index (χ1n) is 10.8. The maximum Gasteiger partial charge on any atom is 4.00 e. The van der Waals surface area contributed by atoms with E-state index in [9.17, 15) is 0 Å². The Morgan fingerprint density at radius 3 is 1.18 bits per heavy atom. The van der Waals surface area contributed by atoms with Crippen LogP contribution in [0.4, 0.5) is 0 Å². The molecule has 0 aliphatic heterocycles. The molecule has 4 heteroatoms. The van der Waals surface area contributed by atoms with Gasteiger partial charge in [-0.3, -0.25) is 0 Å². The molecule has 0 amide bonds. The molecule has 0 N–H and O–H groups in total. The van der Waals surface area contributed by atoms with Gasteiger partial charge in [0.15, 0.2) is 0 Å². The van der Waals surface area contributed by atoms with E-state index in [1.165, 1.54) is 42.3 Å². The van der Waals surface area contributed by atoms with Gasteiger partial charge in [-0.2, -0.15) is 22.9 Å². The van der Waals surface area contributed by atoms with Crippen molar-refractivity contribution in [1.82, 2.24) is 0 Å². The van der Waals surface area contributed by atoms with Crippen LogP contribution in [0.2, 0.25) is 0 Å². The topological polar surface area (TPSA) is 0 Å². The van der Waals surface area contributed by atoms with Crippen molar-refractivity contribution < 1.29 is 46.5 Å². The van der Waals surface area contributed by atoms with E-state index in [0.717, 1.165) is 0 Å². The zero-order chi connectivity index (χ0) is 20.7. The number of hydrogen-bond acceptors (Lipinski definition) is 0. The van der Waals surface area contributed by atoms with Crippen LogP contribution >= 0.6 is 0 Å². The summed E-state index contributed by atoms with van der Waals surface area (Å²) in [6.45, 7) is 0. The second-order valence-corrected chi connectivity index (χ2v) is 12.0.